The van der Waals surface area contributed by atoms with Gasteiger partial charge in [0.25, 0.3) is 0 Å². The summed E-state index contributed by atoms with van der Waals surface area (Å²) in [4.78, 5) is 12.9. The van der Waals surface area contributed by atoms with Gasteiger partial charge in [-0.25, -0.2) is 4.79 Å². The van der Waals surface area contributed by atoms with Gasteiger partial charge in [-0.1, -0.05) is 0 Å². The number of hydrogen-bond acceptors (Lipinski definition) is 4. The first-order valence-corrected chi connectivity index (χ1v) is 4.31. The molecule has 1 fully saturated rings. The van der Waals surface area contributed by atoms with E-state index in [1.54, 1.807) is 4.90 Å². The average Bonchev–Trinajstić information content (AvgIpc) is 2.63. The first-order chi connectivity index (χ1) is 6.31. The van der Waals surface area contributed by atoms with Gasteiger partial charge in [-0.3, -0.25) is 5.32 Å². The largest absolute Gasteiger partial charge is 0.453 e. The predicted octanol–water partition coefficient (Wildman–Crippen LogP) is -0.529. The molecule has 0 spiro atoms. The molecule has 0 aromatic rings. The third-order valence-electron chi connectivity index (χ3n) is 2.38. The van der Waals surface area contributed by atoms with Crippen LogP contribution < -0.4 is 10.6 Å². The summed E-state index contributed by atoms with van der Waals surface area (Å²) in [7, 11) is 1.40. The molecule has 0 aromatic carbocycles. The molecule has 72 valence electrons. The van der Waals surface area contributed by atoms with Crippen LogP contribution in [0.4, 0.5) is 4.79 Å². The van der Waals surface area contributed by atoms with Gasteiger partial charge in [-0.05, 0) is 6.08 Å². The minimum atomic E-state index is -0.260. The molecule has 2 aliphatic heterocycles. The van der Waals surface area contributed by atoms with Crippen LogP contribution in [-0.4, -0.2) is 43.9 Å². The zero-order valence-electron chi connectivity index (χ0n) is 7.54. The summed E-state index contributed by atoms with van der Waals surface area (Å²) in [5.41, 5.74) is 1.19. The maximum absolute atomic E-state index is 11.2. The number of ether oxygens (including phenoxy) is 1. The van der Waals surface area contributed by atoms with Crippen molar-refractivity contribution in [3.63, 3.8) is 0 Å². The van der Waals surface area contributed by atoms with E-state index in [2.05, 4.69) is 15.4 Å². The van der Waals surface area contributed by atoms with Crippen LogP contribution in [0.3, 0.4) is 0 Å². The molecule has 2 N–H and O–H groups in total. The lowest BCUT2D eigenvalue weighted by Crippen LogP contribution is -2.44. The van der Waals surface area contributed by atoms with Gasteiger partial charge in [0.2, 0.25) is 0 Å². The zero-order chi connectivity index (χ0) is 9.26. The number of nitrogens with zero attached hydrogens (tertiary/aromatic N) is 1. The summed E-state index contributed by atoms with van der Waals surface area (Å²) < 4.78 is 4.65. The molecule has 0 radical (unpaired) electrons. The van der Waals surface area contributed by atoms with E-state index in [-0.39, 0.29) is 12.1 Å². The Hall–Kier alpha value is -1.23. The van der Waals surface area contributed by atoms with Gasteiger partial charge in [0, 0.05) is 18.8 Å². The molecular formula is C8H13N3O2. The zero-order valence-corrected chi connectivity index (χ0v) is 7.54. The predicted molar refractivity (Wildman–Crippen MR) is 47.0 cm³/mol. The summed E-state index contributed by atoms with van der Waals surface area (Å²) >= 11 is 0. The maximum atomic E-state index is 11.2. The highest BCUT2D eigenvalue weighted by molar-refractivity contribution is 5.68. The lowest BCUT2D eigenvalue weighted by atomic mass is 10.1. The molecule has 0 aliphatic carbocycles. The first kappa shape index (κ1) is 8.37. The molecule has 1 amide bonds. The number of rotatable bonds is 0. The second-order valence-electron chi connectivity index (χ2n) is 3.14. The molecule has 13 heavy (non-hydrogen) atoms. The fourth-order valence-corrected chi connectivity index (χ4v) is 1.67. The van der Waals surface area contributed by atoms with Crippen molar-refractivity contribution in [3.05, 3.63) is 11.8 Å². The Labute approximate surface area is 76.7 Å². The normalized spacial score (nSPS) is 26.1. The smallest absolute Gasteiger partial charge is 0.409 e. The van der Waals surface area contributed by atoms with Crippen molar-refractivity contribution in [2.24, 2.45) is 0 Å². The molecule has 1 atom stereocenters. The molecule has 0 aromatic heterocycles. The molecule has 2 heterocycles. The molecule has 2 aliphatic rings. The van der Waals surface area contributed by atoms with E-state index in [0.717, 1.165) is 6.67 Å². The minimum absolute atomic E-state index is 0.257. The minimum Gasteiger partial charge on any atom is -0.453 e. The highest BCUT2D eigenvalue weighted by atomic mass is 16.5. The van der Waals surface area contributed by atoms with Gasteiger partial charge in [-0.2, -0.15) is 0 Å². The van der Waals surface area contributed by atoms with Gasteiger partial charge in [-0.15, -0.1) is 0 Å². The van der Waals surface area contributed by atoms with Gasteiger partial charge >= 0.3 is 6.09 Å². The third-order valence-corrected chi connectivity index (χ3v) is 2.38. The Morgan fingerprint density at radius 1 is 1.77 bits per heavy atom. The molecule has 0 bridgehead atoms. The summed E-state index contributed by atoms with van der Waals surface area (Å²) in [5.74, 6) is 0. The SMILES string of the molecule is COC(=O)N1CC=C2NCNC2C1. The van der Waals surface area contributed by atoms with Gasteiger partial charge in [0.15, 0.2) is 0 Å². The van der Waals surface area contributed by atoms with Crippen molar-refractivity contribution in [1.82, 2.24) is 15.5 Å². The van der Waals surface area contributed by atoms with Crippen LogP contribution in [0.25, 0.3) is 0 Å². The van der Waals surface area contributed by atoms with E-state index < -0.39 is 0 Å². The Bertz CT molecular complexity index is 252. The van der Waals surface area contributed by atoms with E-state index in [0.29, 0.717) is 13.1 Å². The molecule has 0 saturated carbocycles. The highest BCUT2D eigenvalue weighted by Crippen LogP contribution is 2.12. The lowest BCUT2D eigenvalue weighted by Gasteiger charge is -2.27. The van der Waals surface area contributed by atoms with Crippen molar-refractivity contribution in [1.29, 1.82) is 0 Å². The summed E-state index contributed by atoms with van der Waals surface area (Å²) in [6.07, 6.45) is 1.76. The van der Waals surface area contributed by atoms with Crippen molar-refractivity contribution >= 4 is 6.09 Å². The van der Waals surface area contributed by atoms with Crippen LogP contribution in [0.1, 0.15) is 0 Å². The van der Waals surface area contributed by atoms with Crippen molar-refractivity contribution in [2.45, 2.75) is 6.04 Å². The lowest BCUT2D eigenvalue weighted by molar-refractivity contribution is 0.124. The second-order valence-corrected chi connectivity index (χ2v) is 3.14. The number of methoxy groups -OCH3 is 1. The Morgan fingerprint density at radius 3 is 3.38 bits per heavy atom. The number of hydrogen-bond donors (Lipinski definition) is 2. The average molecular weight is 183 g/mol. The van der Waals surface area contributed by atoms with Crippen LogP contribution in [0, 0.1) is 0 Å². The van der Waals surface area contributed by atoms with Gasteiger partial charge in [0.1, 0.15) is 0 Å². The Kier molecular flexibility index (Phi) is 2.10. The summed E-state index contributed by atoms with van der Waals surface area (Å²) in [6.45, 7) is 2.10. The second kappa shape index (κ2) is 3.26. The standard InChI is InChI=1S/C8H13N3O2/c1-13-8(12)11-3-2-6-7(4-11)10-5-9-6/h2,7,9-10H,3-5H2,1H3. The molecule has 2 rings (SSSR count). The number of carbonyl (C=O) groups excluding carboxylic acids is 1. The van der Waals surface area contributed by atoms with Crippen LogP contribution in [0.5, 0.6) is 0 Å². The summed E-state index contributed by atoms with van der Waals surface area (Å²) in [6, 6.07) is 0.257. The van der Waals surface area contributed by atoms with E-state index in [4.69, 9.17) is 0 Å². The number of carbonyl (C=O) groups is 1. The number of nitrogens with one attached hydrogen (secondary N) is 2. The quantitative estimate of drug-likeness (QED) is 0.530. The van der Waals surface area contributed by atoms with E-state index >= 15 is 0 Å². The summed E-state index contributed by atoms with van der Waals surface area (Å²) in [5, 5.41) is 6.45. The Morgan fingerprint density at radius 2 is 2.62 bits per heavy atom. The monoisotopic (exact) mass is 183 g/mol. The fraction of sp³-hybridized carbons (Fsp3) is 0.625. The van der Waals surface area contributed by atoms with E-state index in [1.165, 1.54) is 12.8 Å². The van der Waals surface area contributed by atoms with Crippen LogP contribution in [0.2, 0.25) is 0 Å². The first-order valence-electron chi connectivity index (χ1n) is 4.31. The van der Waals surface area contributed by atoms with Crippen molar-refractivity contribution in [3.8, 4) is 0 Å². The Balaban J connectivity index is 2.03. The third kappa shape index (κ3) is 1.47. The van der Waals surface area contributed by atoms with E-state index in [9.17, 15) is 4.79 Å². The molecule has 1 unspecified atom stereocenters. The molecular weight excluding hydrogens is 170 g/mol. The van der Waals surface area contributed by atoms with Crippen molar-refractivity contribution < 1.29 is 9.53 Å². The molecule has 5 heteroatoms. The fourth-order valence-electron chi connectivity index (χ4n) is 1.67. The van der Waals surface area contributed by atoms with Crippen LogP contribution in [-0.2, 0) is 4.74 Å². The van der Waals surface area contributed by atoms with E-state index in [1.807, 2.05) is 6.08 Å². The topological polar surface area (TPSA) is 53.6 Å². The number of fused-ring (bicyclic) bond motifs is 1. The van der Waals surface area contributed by atoms with Crippen molar-refractivity contribution in [2.75, 3.05) is 26.9 Å². The number of amides is 1. The highest BCUT2D eigenvalue weighted by Gasteiger charge is 2.28. The van der Waals surface area contributed by atoms with Gasteiger partial charge < -0.3 is 15.0 Å². The molecule has 1 saturated heterocycles. The van der Waals surface area contributed by atoms with Crippen LogP contribution in [0.15, 0.2) is 11.8 Å². The van der Waals surface area contributed by atoms with Gasteiger partial charge in [0.05, 0.1) is 19.8 Å². The maximum Gasteiger partial charge on any atom is 0.409 e. The molecule has 5 nitrogen and oxygen atoms in total. The van der Waals surface area contributed by atoms with Crippen LogP contribution >= 0.6 is 0 Å².